The fourth-order valence-corrected chi connectivity index (χ4v) is 4.23. The third-order valence-electron chi connectivity index (χ3n) is 4.16. The normalized spacial score (nSPS) is 13.5. The number of benzene rings is 2. The molecule has 0 saturated heterocycles. The molecule has 3 nitrogen and oxygen atoms in total. The van der Waals surface area contributed by atoms with Crippen LogP contribution in [0, 0.1) is 0 Å². The molecule has 1 amide bonds. The van der Waals surface area contributed by atoms with Crippen molar-refractivity contribution in [3.05, 3.63) is 54.1 Å². The maximum absolute atomic E-state index is 12.6. The smallest absolute Gasteiger partial charge is 0.242 e. The number of rotatable bonds is 5. The van der Waals surface area contributed by atoms with Gasteiger partial charge < -0.3 is 9.80 Å². The number of hydrogen-bond donors (Lipinski definition) is 0. The first-order chi connectivity index (χ1) is 11.7. The molecule has 0 fully saturated rings. The van der Waals surface area contributed by atoms with E-state index in [1.807, 2.05) is 29.8 Å². The molecule has 0 unspecified atom stereocenters. The molecule has 5 heteroatoms. The molecule has 3 rings (SSSR count). The summed E-state index contributed by atoms with van der Waals surface area (Å²) in [6.45, 7) is 2.01. The van der Waals surface area contributed by atoms with Crippen molar-refractivity contribution in [2.24, 2.45) is 0 Å². The minimum absolute atomic E-state index is 0.158. The van der Waals surface area contributed by atoms with Gasteiger partial charge in [-0.15, -0.1) is 23.5 Å². The molecule has 0 spiro atoms. The van der Waals surface area contributed by atoms with E-state index in [1.165, 1.54) is 21.0 Å². The number of fused-ring (bicyclic) bond motifs is 1. The van der Waals surface area contributed by atoms with Crippen LogP contribution in [-0.2, 0) is 11.3 Å². The Morgan fingerprint density at radius 3 is 2.71 bits per heavy atom. The zero-order valence-corrected chi connectivity index (χ0v) is 15.7. The summed E-state index contributed by atoms with van der Waals surface area (Å²) >= 11 is 3.60. The van der Waals surface area contributed by atoms with Gasteiger partial charge in [0.05, 0.1) is 12.2 Å². The molecule has 0 saturated carbocycles. The Morgan fingerprint density at radius 2 is 1.96 bits per heavy atom. The van der Waals surface area contributed by atoms with Crippen molar-refractivity contribution in [3.8, 4) is 0 Å². The van der Waals surface area contributed by atoms with E-state index in [4.69, 9.17) is 0 Å². The van der Waals surface area contributed by atoms with Crippen LogP contribution >= 0.6 is 23.5 Å². The fraction of sp³-hybridized carbons (Fsp3) is 0.316. The SMILES string of the molecule is CSc1ccc(CN(C)C(=O)CN2CCSc3ccccc32)cc1. The molecule has 0 radical (unpaired) electrons. The standard InChI is InChI=1S/C19H22N2OS2/c1-20(13-15-7-9-16(23-2)10-8-15)19(22)14-21-11-12-24-18-6-4-3-5-17(18)21/h3-10H,11-14H2,1-2H3. The Hall–Kier alpha value is -1.59. The van der Waals surface area contributed by atoms with Gasteiger partial charge in [-0.05, 0) is 36.1 Å². The van der Waals surface area contributed by atoms with Crippen molar-refractivity contribution in [1.29, 1.82) is 0 Å². The number of anilines is 1. The highest BCUT2D eigenvalue weighted by atomic mass is 32.2. The summed E-state index contributed by atoms with van der Waals surface area (Å²) in [5.74, 6) is 1.19. The molecule has 2 aromatic rings. The molecule has 0 aliphatic carbocycles. The Labute approximate surface area is 152 Å². The fourth-order valence-electron chi connectivity index (χ4n) is 2.77. The average molecular weight is 359 g/mol. The van der Waals surface area contributed by atoms with Gasteiger partial charge in [-0.2, -0.15) is 0 Å². The molecule has 1 heterocycles. The van der Waals surface area contributed by atoms with Crippen LogP contribution in [0.25, 0.3) is 0 Å². The Morgan fingerprint density at radius 1 is 1.21 bits per heavy atom. The number of hydrogen-bond acceptors (Lipinski definition) is 4. The predicted octanol–water partition coefficient (Wildman–Crippen LogP) is 3.98. The van der Waals surface area contributed by atoms with Gasteiger partial charge in [0.25, 0.3) is 0 Å². The summed E-state index contributed by atoms with van der Waals surface area (Å²) in [5.41, 5.74) is 2.35. The molecule has 126 valence electrons. The van der Waals surface area contributed by atoms with Crippen LogP contribution in [0.3, 0.4) is 0 Å². The van der Waals surface area contributed by atoms with Gasteiger partial charge in [0.1, 0.15) is 0 Å². The number of carbonyl (C=O) groups excluding carboxylic acids is 1. The molecular formula is C19H22N2OS2. The van der Waals surface area contributed by atoms with Crippen LogP contribution < -0.4 is 4.90 Å². The van der Waals surface area contributed by atoms with Gasteiger partial charge in [0.2, 0.25) is 5.91 Å². The van der Waals surface area contributed by atoms with Crippen molar-refractivity contribution in [2.45, 2.75) is 16.3 Å². The van der Waals surface area contributed by atoms with Crippen molar-refractivity contribution in [1.82, 2.24) is 4.90 Å². The van der Waals surface area contributed by atoms with Gasteiger partial charge in [0.15, 0.2) is 0 Å². The minimum Gasteiger partial charge on any atom is -0.360 e. The highest BCUT2D eigenvalue weighted by Crippen LogP contribution is 2.34. The van der Waals surface area contributed by atoms with Crippen molar-refractivity contribution >= 4 is 35.1 Å². The summed E-state index contributed by atoms with van der Waals surface area (Å²) in [5, 5.41) is 0. The van der Waals surface area contributed by atoms with Crippen LogP contribution in [0.4, 0.5) is 5.69 Å². The van der Waals surface area contributed by atoms with Gasteiger partial charge in [-0.25, -0.2) is 0 Å². The Kier molecular flexibility index (Phi) is 5.74. The number of amides is 1. The maximum Gasteiger partial charge on any atom is 0.242 e. The molecule has 0 atom stereocenters. The summed E-state index contributed by atoms with van der Waals surface area (Å²) in [4.78, 5) is 19.2. The van der Waals surface area contributed by atoms with E-state index in [-0.39, 0.29) is 5.91 Å². The largest absolute Gasteiger partial charge is 0.360 e. The predicted molar refractivity (Wildman–Crippen MR) is 104 cm³/mol. The number of para-hydroxylation sites is 1. The van der Waals surface area contributed by atoms with Crippen molar-refractivity contribution in [2.75, 3.05) is 37.0 Å². The third kappa shape index (κ3) is 4.08. The molecule has 0 N–H and O–H groups in total. The number of carbonyl (C=O) groups is 1. The van der Waals surface area contributed by atoms with Gasteiger partial charge in [-0.3, -0.25) is 4.79 Å². The first-order valence-corrected chi connectivity index (χ1v) is 10.2. The quantitative estimate of drug-likeness (QED) is 0.755. The van der Waals surface area contributed by atoms with E-state index in [0.29, 0.717) is 13.1 Å². The van der Waals surface area contributed by atoms with Crippen LogP contribution in [0.1, 0.15) is 5.56 Å². The van der Waals surface area contributed by atoms with E-state index in [9.17, 15) is 4.79 Å². The molecule has 24 heavy (non-hydrogen) atoms. The zero-order chi connectivity index (χ0) is 16.9. The lowest BCUT2D eigenvalue weighted by atomic mass is 10.2. The van der Waals surface area contributed by atoms with E-state index >= 15 is 0 Å². The van der Waals surface area contributed by atoms with Crippen molar-refractivity contribution < 1.29 is 4.79 Å². The Bertz CT molecular complexity index is 703. The first kappa shape index (κ1) is 17.2. The second kappa shape index (κ2) is 7.99. The second-order valence-electron chi connectivity index (χ2n) is 5.84. The highest BCUT2D eigenvalue weighted by molar-refractivity contribution is 7.99. The van der Waals surface area contributed by atoms with Crippen LogP contribution in [0.2, 0.25) is 0 Å². The Balaban J connectivity index is 1.62. The van der Waals surface area contributed by atoms with E-state index in [0.717, 1.165) is 12.3 Å². The highest BCUT2D eigenvalue weighted by Gasteiger charge is 2.20. The van der Waals surface area contributed by atoms with Gasteiger partial charge in [0, 0.05) is 35.7 Å². The second-order valence-corrected chi connectivity index (χ2v) is 7.85. The summed E-state index contributed by atoms with van der Waals surface area (Å²) in [6, 6.07) is 16.8. The lowest BCUT2D eigenvalue weighted by molar-refractivity contribution is -0.128. The van der Waals surface area contributed by atoms with Gasteiger partial charge in [-0.1, -0.05) is 24.3 Å². The average Bonchev–Trinajstić information content (AvgIpc) is 2.62. The van der Waals surface area contributed by atoms with Crippen LogP contribution in [0.5, 0.6) is 0 Å². The number of thioether (sulfide) groups is 2. The lowest BCUT2D eigenvalue weighted by Gasteiger charge is -2.31. The third-order valence-corrected chi connectivity index (χ3v) is 5.94. The molecule has 0 bridgehead atoms. The molecule has 0 aromatic heterocycles. The zero-order valence-electron chi connectivity index (χ0n) is 14.1. The van der Waals surface area contributed by atoms with E-state index in [2.05, 4.69) is 53.6 Å². The molecule has 2 aromatic carbocycles. The molecule has 1 aliphatic rings. The monoisotopic (exact) mass is 358 g/mol. The van der Waals surface area contributed by atoms with Gasteiger partial charge >= 0.3 is 0 Å². The van der Waals surface area contributed by atoms with Crippen LogP contribution in [0.15, 0.2) is 58.3 Å². The van der Waals surface area contributed by atoms with Crippen LogP contribution in [-0.4, -0.2) is 43.0 Å². The number of nitrogens with zero attached hydrogens (tertiary/aromatic N) is 2. The maximum atomic E-state index is 12.6. The molecular weight excluding hydrogens is 336 g/mol. The van der Waals surface area contributed by atoms with E-state index in [1.54, 1.807) is 11.8 Å². The topological polar surface area (TPSA) is 23.6 Å². The first-order valence-electron chi connectivity index (χ1n) is 8.01. The van der Waals surface area contributed by atoms with E-state index < -0.39 is 0 Å². The summed E-state index contributed by atoms with van der Waals surface area (Å²) in [7, 11) is 1.88. The molecule has 1 aliphatic heterocycles. The summed E-state index contributed by atoms with van der Waals surface area (Å²) in [6.07, 6.45) is 2.07. The minimum atomic E-state index is 0.158. The number of likely N-dealkylation sites (N-methyl/N-ethyl adjacent to an activating group) is 1. The summed E-state index contributed by atoms with van der Waals surface area (Å²) < 4.78 is 0. The van der Waals surface area contributed by atoms with Crippen molar-refractivity contribution in [3.63, 3.8) is 0 Å². The lowest BCUT2D eigenvalue weighted by Crippen LogP contribution is -2.40.